The van der Waals surface area contributed by atoms with E-state index in [4.69, 9.17) is 11.6 Å². The highest BCUT2D eigenvalue weighted by Gasteiger charge is 2.05. The van der Waals surface area contributed by atoms with Gasteiger partial charge in [0.15, 0.2) is 0 Å². The van der Waals surface area contributed by atoms with Gasteiger partial charge in [0, 0.05) is 10.6 Å². The van der Waals surface area contributed by atoms with Crippen LogP contribution in [0.3, 0.4) is 0 Å². The van der Waals surface area contributed by atoms with Gasteiger partial charge in [0.1, 0.15) is 0 Å². The maximum Gasteiger partial charge on any atom is 0.251 e. The molecule has 1 N–H and O–H groups in total. The van der Waals surface area contributed by atoms with Crippen LogP contribution in [0, 0.1) is 6.92 Å². The van der Waals surface area contributed by atoms with Gasteiger partial charge in [-0.1, -0.05) is 17.7 Å². The highest BCUT2D eigenvalue weighted by Crippen LogP contribution is 2.10. The molecule has 5 heteroatoms. The average molecular weight is 262 g/mol. The minimum atomic E-state index is -0.181. The highest BCUT2D eigenvalue weighted by molar-refractivity contribution is 6.30. The molecule has 0 unspecified atom stereocenters. The van der Waals surface area contributed by atoms with E-state index in [1.54, 1.807) is 24.3 Å². The molecule has 18 heavy (non-hydrogen) atoms. The lowest BCUT2D eigenvalue weighted by atomic mass is 10.2. The summed E-state index contributed by atoms with van der Waals surface area (Å²) < 4.78 is 0. The van der Waals surface area contributed by atoms with Crippen molar-refractivity contribution in [2.24, 2.45) is 0 Å². The van der Waals surface area contributed by atoms with Crippen LogP contribution >= 0.6 is 11.6 Å². The number of rotatable bonds is 3. The maximum atomic E-state index is 11.8. The van der Waals surface area contributed by atoms with Crippen LogP contribution in [0.2, 0.25) is 5.02 Å². The van der Waals surface area contributed by atoms with E-state index in [-0.39, 0.29) is 5.91 Å². The second-order valence-corrected chi connectivity index (χ2v) is 4.30. The molecule has 0 aliphatic heterocycles. The molecule has 0 saturated heterocycles. The van der Waals surface area contributed by atoms with Gasteiger partial charge in [0.05, 0.1) is 17.9 Å². The first-order valence-corrected chi connectivity index (χ1v) is 5.86. The van der Waals surface area contributed by atoms with Crippen molar-refractivity contribution < 1.29 is 4.79 Å². The first kappa shape index (κ1) is 12.5. The smallest absolute Gasteiger partial charge is 0.251 e. The molecule has 1 heterocycles. The molecule has 1 amide bonds. The van der Waals surface area contributed by atoms with Gasteiger partial charge in [-0.3, -0.25) is 4.79 Å². The van der Waals surface area contributed by atoms with Crippen molar-refractivity contribution in [3.05, 3.63) is 58.4 Å². The molecule has 0 radical (unpaired) electrons. The Morgan fingerprint density at radius 3 is 2.78 bits per heavy atom. The van der Waals surface area contributed by atoms with E-state index in [0.717, 1.165) is 11.4 Å². The molecular formula is C13H12ClN3O. The van der Waals surface area contributed by atoms with Crippen molar-refractivity contribution in [3.63, 3.8) is 0 Å². The van der Waals surface area contributed by atoms with Crippen LogP contribution < -0.4 is 5.32 Å². The number of halogens is 1. The third-order valence-electron chi connectivity index (χ3n) is 2.37. The van der Waals surface area contributed by atoms with Crippen LogP contribution in [0.4, 0.5) is 0 Å². The van der Waals surface area contributed by atoms with E-state index < -0.39 is 0 Å². The third kappa shape index (κ3) is 3.28. The summed E-state index contributed by atoms with van der Waals surface area (Å²) in [6.45, 7) is 2.21. The Morgan fingerprint density at radius 1 is 1.28 bits per heavy atom. The molecule has 0 fully saturated rings. The third-order valence-corrected chi connectivity index (χ3v) is 2.61. The van der Waals surface area contributed by atoms with Gasteiger partial charge >= 0.3 is 0 Å². The van der Waals surface area contributed by atoms with Crippen molar-refractivity contribution in [1.29, 1.82) is 0 Å². The molecule has 1 aromatic carbocycles. The van der Waals surface area contributed by atoms with Gasteiger partial charge < -0.3 is 5.32 Å². The van der Waals surface area contributed by atoms with Crippen LogP contribution in [0.15, 0.2) is 36.4 Å². The molecule has 2 aromatic rings. The molecule has 0 aliphatic rings. The molecular weight excluding hydrogens is 250 g/mol. The van der Waals surface area contributed by atoms with Crippen LogP contribution in [0.25, 0.3) is 0 Å². The van der Waals surface area contributed by atoms with Crippen molar-refractivity contribution in [3.8, 4) is 0 Å². The average Bonchev–Trinajstić information content (AvgIpc) is 2.38. The number of carbonyl (C=O) groups is 1. The molecule has 2 rings (SSSR count). The maximum absolute atomic E-state index is 11.8. The largest absolute Gasteiger partial charge is 0.346 e. The SMILES string of the molecule is Cc1ccc(CNC(=O)c2cccc(Cl)c2)nn1. The fourth-order valence-electron chi connectivity index (χ4n) is 1.42. The van der Waals surface area contributed by atoms with Crippen LogP contribution in [0.5, 0.6) is 0 Å². The lowest BCUT2D eigenvalue weighted by Gasteiger charge is -2.04. The minimum Gasteiger partial charge on any atom is -0.346 e. The fraction of sp³-hybridized carbons (Fsp3) is 0.154. The highest BCUT2D eigenvalue weighted by atomic mass is 35.5. The van der Waals surface area contributed by atoms with Crippen molar-refractivity contribution in [1.82, 2.24) is 15.5 Å². The zero-order chi connectivity index (χ0) is 13.0. The summed E-state index contributed by atoms with van der Waals surface area (Å²) in [6, 6.07) is 10.5. The fourth-order valence-corrected chi connectivity index (χ4v) is 1.61. The van der Waals surface area contributed by atoms with E-state index in [1.807, 2.05) is 19.1 Å². The molecule has 1 aromatic heterocycles. The van der Waals surface area contributed by atoms with Gasteiger partial charge in [-0.2, -0.15) is 10.2 Å². The molecule has 0 aliphatic carbocycles. The molecule has 92 valence electrons. The Labute approximate surface area is 110 Å². The summed E-state index contributed by atoms with van der Waals surface area (Å²) in [4.78, 5) is 11.8. The lowest BCUT2D eigenvalue weighted by molar-refractivity contribution is 0.0950. The molecule has 4 nitrogen and oxygen atoms in total. The topological polar surface area (TPSA) is 54.9 Å². The number of amides is 1. The second kappa shape index (κ2) is 5.60. The number of carbonyl (C=O) groups excluding carboxylic acids is 1. The summed E-state index contributed by atoms with van der Waals surface area (Å²) in [5.74, 6) is -0.181. The quantitative estimate of drug-likeness (QED) is 0.923. The minimum absolute atomic E-state index is 0.181. The van der Waals surface area contributed by atoms with Gasteiger partial charge in [-0.15, -0.1) is 0 Å². The summed E-state index contributed by atoms with van der Waals surface area (Å²) in [7, 11) is 0. The van der Waals surface area contributed by atoms with Crippen LogP contribution in [-0.4, -0.2) is 16.1 Å². The molecule has 0 saturated carbocycles. The number of benzene rings is 1. The van der Waals surface area contributed by atoms with Crippen molar-refractivity contribution >= 4 is 17.5 Å². The van der Waals surface area contributed by atoms with Gasteiger partial charge in [0.25, 0.3) is 5.91 Å². The van der Waals surface area contributed by atoms with Crippen molar-refractivity contribution in [2.45, 2.75) is 13.5 Å². The van der Waals surface area contributed by atoms with Gasteiger partial charge in [-0.25, -0.2) is 0 Å². The Kier molecular flexibility index (Phi) is 3.89. The lowest BCUT2D eigenvalue weighted by Crippen LogP contribution is -2.23. The monoisotopic (exact) mass is 261 g/mol. The Morgan fingerprint density at radius 2 is 2.11 bits per heavy atom. The standard InChI is InChI=1S/C13H12ClN3O/c1-9-5-6-12(17-16-9)8-15-13(18)10-3-2-4-11(14)7-10/h2-7H,8H2,1H3,(H,15,18). The molecule has 0 spiro atoms. The zero-order valence-electron chi connectivity index (χ0n) is 9.85. The number of hydrogen-bond donors (Lipinski definition) is 1. The number of aromatic nitrogens is 2. The number of aryl methyl sites for hydroxylation is 1. The van der Waals surface area contributed by atoms with Gasteiger partial charge in [-0.05, 0) is 37.3 Å². The molecule has 0 atom stereocenters. The Hall–Kier alpha value is -1.94. The van der Waals surface area contributed by atoms with E-state index in [2.05, 4.69) is 15.5 Å². The number of nitrogens with zero attached hydrogens (tertiary/aromatic N) is 2. The van der Waals surface area contributed by atoms with E-state index in [0.29, 0.717) is 17.1 Å². The summed E-state index contributed by atoms with van der Waals surface area (Å²) in [6.07, 6.45) is 0. The van der Waals surface area contributed by atoms with Crippen LogP contribution in [0.1, 0.15) is 21.7 Å². The first-order valence-electron chi connectivity index (χ1n) is 5.48. The van der Waals surface area contributed by atoms with Crippen LogP contribution in [-0.2, 0) is 6.54 Å². The Bertz CT molecular complexity index is 554. The van der Waals surface area contributed by atoms with E-state index >= 15 is 0 Å². The summed E-state index contributed by atoms with van der Waals surface area (Å²) in [5.41, 5.74) is 2.10. The van der Waals surface area contributed by atoms with Gasteiger partial charge in [0.2, 0.25) is 0 Å². The number of nitrogens with one attached hydrogen (secondary N) is 1. The molecule has 0 bridgehead atoms. The number of hydrogen-bond acceptors (Lipinski definition) is 3. The summed E-state index contributed by atoms with van der Waals surface area (Å²) >= 11 is 5.82. The van der Waals surface area contributed by atoms with Crippen molar-refractivity contribution in [2.75, 3.05) is 0 Å². The van der Waals surface area contributed by atoms with E-state index in [1.165, 1.54) is 0 Å². The normalized spacial score (nSPS) is 10.1. The predicted octanol–water partition coefficient (Wildman–Crippen LogP) is 2.37. The zero-order valence-corrected chi connectivity index (χ0v) is 10.6. The summed E-state index contributed by atoms with van der Waals surface area (Å²) in [5, 5.41) is 11.2. The second-order valence-electron chi connectivity index (χ2n) is 3.86. The first-order chi connectivity index (χ1) is 8.65. The Balaban J connectivity index is 1.98. The predicted molar refractivity (Wildman–Crippen MR) is 69.4 cm³/mol. The van der Waals surface area contributed by atoms with E-state index in [9.17, 15) is 4.79 Å².